The van der Waals surface area contributed by atoms with Gasteiger partial charge in [0.1, 0.15) is 5.82 Å². The van der Waals surface area contributed by atoms with Gasteiger partial charge in [-0.1, -0.05) is 31.4 Å². The van der Waals surface area contributed by atoms with E-state index in [1.165, 1.54) is 0 Å². The molecule has 1 unspecified atom stereocenters. The van der Waals surface area contributed by atoms with E-state index in [0.717, 1.165) is 30.5 Å². The molecule has 0 fully saturated rings. The van der Waals surface area contributed by atoms with Crippen LogP contribution in [0.2, 0.25) is 5.02 Å². The highest BCUT2D eigenvalue weighted by molar-refractivity contribution is 7.90. The quantitative estimate of drug-likeness (QED) is 0.554. The molecule has 1 atom stereocenters. The Morgan fingerprint density at radius 2 is 2.00 bits per heavy atom. The molecule has 0 saturated heterocycles. The molecule has 3 rings (SSSR count). The number of aromatic nitrogens is 2. The maximum atomic E-state index is 13.0. The summed E-state index contributed by atoms with van der Waals surface area (Å²) < 4.78 is 26.3. The average molecular weight is 495 g/mol. The Hall–Kier alpha value is -2.23. The lowest BCUT2D eigenvalue weighted by molar-refractivity contribution is -0.132. The fraction of sp³-hybridized carbons (Fsp3) is 0.522. The Balaban J connectivity index is 1.83. The van der Waals surface area contributed by atoms with E-state index in [0.29, 0.717) is 23.0 Å². The number of H-pyrrole nitrogens is 1. The summed E-state index contributed by atoms with van der Waals surface area (Å²) in [6.45, 7) is 5.92. The van der Waals surface area contributed by atoms with E-state index in [4.69, 9.17) is 16.6 Å². The summed E-state index contributed by atoms with van der Waals surface area (Å²) in [5.41, 5.74) is 1.74. The van der Waals surface area contributed by atoms with E-state index in [2.05, 4.69) is 16.6 Å². The van der Waals surface area contributed by atoms with Crippen molar-refractivity contribution in [1.29, 1.82) is 0 Å². The fourth-order valence-corrected chi connectivity index (χ4v) is 4.70. The molecular weight excluding hydrogens is 464 g/mol. The molecule has 0 bridgehead atoms. The molecule has 180 valence electrons. The van der Waals surface area contributed by atoms with Crippen LogP contribution in [0.3, 0.4) is 0 Å². The van der Waals surface area contributed by atoms with Gasteiger partial charge in [0.25, 0.3) is 5.56 Å². The third-order valence-corrected chi connectivity index (χ3v) is 7.96. The van der Waals surface area contributed by atoms with E-state index >= 15 is 0 Å². The van der Waals surface area contributed by atoms with Crippen molar-refractivity contribution in [3.63, 3.8) is 0 Å². The third-order valence-electron chi connectivity index (χ3n) is 5.86. The van der Waals surface area contributed by atoms with Crippen molar-refractivity contribution in [2.75, 3.05) is 13.1 Å². The highest BCUT2D eigenvalue weighted by Crippen LogP contribution is 2.31. The van der Waals surface area contributed by atoms with E-state index in [-0.39, 0.29) is 36.9 Å². The topological polar surface area (TPSA) is 112 Å². The summed E-state index contributed by atoms with van der Waals surface area (Å²) in [5, 5.41) is 0.0390. The molecule has 33 heavy (non-hydrogen) atoms. The first-order valence-electron chi connectivity index (χ1n) is 11.3. The molecule has 0 saturated carbocycles. The van der Waals surface area contributed by atoms with Gasteiger partial charge < -0.3 is 9.88 Å². The van der Waals surface area contributed by atoms with Gasteiger partial charge in [-0.2, -0.15) is 0 Å². The van der Waals surface area contributed by atoms with Crippen molar-refractivity contribution in [1.82, 2.24) is 19.6 Å². The zero-order chi connectivity index (χ0) is 24.2. The second kappa shape index (κ2) is 10.8. The molecule has 2 aromatic rings. The molecule has 1 aromatic heterocycles. The van der Waals surface area contributed by atoms with Crippen molar-refractivity contribution in [3.8, 4) is 11.4 Å². The van der Waals surface area contributed by atoms with Crippen LogP contribution in [0.5, 0.6) is 0 Å². The number of carbonyl (C=O) groups excluding carboxylic acids is 1. The van der Waals surface area contributed by atoms with Crippen LogP contribution in [0, 0.1) is 0 Å². The molecule has 2 N–H and O–H groups in total. The second-order valence-corrected chi connectivity index (χ2v) is 11.4. The van der Waals surface area contributed by atoms with Gasteiger partial charge >= 0.3 is 0 Å². The highest BCUT2D eigenvalue weighted by atomic mass is 35.5. The molecule has 1 aromatic carbocycles. The first kappa shape index (κ1) is 25.4. The number of nitrogens with zero attached hydrogens (tertiary/aromatic N) is 2. The number of halogens is 1. The Morgan fingerprint density at radius 3 is 2.64 bits per heavy atom. The lowest BCUT2D eigenvalue weighted by atomic mass is 9.90. The number of nitrogens with one attached hydrogen (secondary N) is 2. The predicted molar refractivity (Wildman–Crippen MR) is 130 cm³/mol. The van der Waals surface area contributed by atoms with Gasteiger partial charge in [0.05, 0.1) is 23.1 Å². The van der Waals surface area contributed by atoms with E-state index in [9.17, 15) is 18.0 Å². The van der Waals surface area contributed by atoms with E-state index < -0.39 is 15.3 Å². The van der Waals surface area contributed by atoms with Crippen LogP contribution in [-0.2, 0) is 21.4 Å². The van der Waals surface area contributed by atoms with E-state index in [1.807, 2.05) is 12.1 Å². The van der Waals surface area contributed by atoms with Gasteiger partial charge in [-0.15, -0.1) is 0 Å². The summed E-state index contributed by atoms with van der Waals surface area (Å²) in [5.74, 6) is 0.243. The summed E-state index contributed by atoms with van der Waals surface area (Å²) in [4.78, 5) is 35.1. The molecule has 1 aliphatic rings. The van der Waals surface area contributed by atoms with Crippen LogP contribution < -0.4 is 10.3 Å². The van der Waals surface area contributed by atoms with Gasteiger partial charge in [-0.25, -0.2) is 18.1 Å². The number of hydrogen-bond donors (Lipinski definition) is 2. The Kier molecular flexibility index (Phi) is 8.31. The fourth-order valence-electron chi connectivity index (χ4n) is 3.85. The van der Waals surface area contributed by atoms with Gasteiger partial charge in [0.2, 0.25) is 15.9 Å². The number of rotatable bonds is 9. The lowest BCUT2D eigenvalue weighted by Crippen LogP contribution is -2.43. The molecule has 0 spiro atoms. The number of amides is 1. The molecule has 1 aliphatic heterocycles. The number of aromatic amines is 1. The summed E-state index contributed by atoms with van der Waals surface area (Å²) in [6, 6.07) is 7.12. The van der Waals surface area contributed by atoms with Crippen LogP contribution in [0.4, 0.5) is 0 Å². The van der Waals surface area contributed by atoms with Crippen LogP contribution in [0.1, 0.15) is 63.6 Å². The first-order valence-corrected chi connectivity index (χ1v) is 13.2. The van der Waals surface area contributed by atoms with Gasteiger partial charge in [0.15, 0.2) is 0 Å². The van der Waals surface area contributed by atoms with Crippen molar-refractivity contribution >= 4 is 27.5 Å². The molecule has 1 amide bonds. The van der Waals surface area contributed by atoms with E-state index in [1.54, 1.807) is 30.9 Å². The maximum Gasteiger partial charge on any atom is 0.256 e. The van der Waals surface area contributed by atoms with Crippen LogP contribution in [0.15, 0.2) is 29.1 Å². The largest absolute Gasteiger partial charge is 0.337 e. The second-order valence-electron chi connectivity index (χ2n) is 8.64. The highest BCUT2D eigenvalue weighted by Gasteiger charge is 2.31. The summed E-state index contributed by atoms with van der Waals surface area (Å²) in [6.07, 6.45) is 2.79. The van der Waals surface area contributed by atoms with Gasteiger partial charge in [0, 0.05) is 36.0 Å². The first-order chi connectivity index (χ1) is 15.6. The molecule has 8 nitrogen and oxygen atoms in total. The van der Waals surface area contributed by atoms with Crippen molar-refractivity contribution in [2.24, 2.45) is 0 Å². The molecule has 10 heteroatoms. The predicted octanol–water partition coefficient (Wildman–Crippen LogP) is 3.42. The zero-order valence-electron chi connectivity index (χ0n) is 19.2. The number of carbonyl (C=O) groups is 1. The Morgan fingerprint density at radius 1 is 1.30 bits per heavy atom. The normalized spacial score (nSPS) is 16.2. The molecule has 0 radical (unpaired) electrons. The SMILES string of the molecule is CCCCC1CN(C(=O)CCNS(=O)(=O)C(C)C)Cc2c1nc(-c1ccc(Cl)cc1)[nH]c2=O. The number of unbranched alkanes of at least 4 members (excludes halogenated alkanes) is 1. The zero-order valence-corrected chi connectivity index (χ0v) is 20.8. The summed E-state index contributed by atoms with van der Waals surface area (Å²) >= 11 is 5.98. The summed E-state index contributed by atoms with van der Waals surface area (Å²) in [7, 11) is -3.43. The number of sulfonamides is 1. The molecule has 0 aliphatic carbocycles. The van der Waals surface area contributed by atoms with Crippen LogP contribution in [-0.4, -0.2) is 47.5 Å². The number of fused-ring (bicyclic) bond motifs is 1. The number of hydrogen-bond acceptors (Lipinski definition) is 5. The van der Waals surface area contributed by atoms with Crippen LogP contribution >= 0.6 is 11.6 Å². The minimum atomic E-state index is -3.43. The minimum Gasteiger partial charge on any atom is -0.337 e. The Bertz CT molecular complexity index is 1150. The Labute approximate surface area is 199 Å². The van der Waals surface area contributed by atoms with Crippen molar-refractivity contribution in [3.05, 3.63) is 50.9 Å². The standard InChI is InChI=1S/C23H31ClN4O4S/c1-4-5-6-17-13-28(20(29)11-12-25-33(31,32)15(2)3)14-19-21(17)26-22(27-23(19)30)16-7-9-18(24)10-8-16/h7-10,15,17,25H,4-6,11-14H2,1-3H3,(H,26,27,30). The number of benzene rings is 1. The van der Waals surface area contributed by atoms with Gasteiger partial charge in [-0.3, -0.25) is 9.59 Å². The average Bonchev–Trinajstić information content (AvgIpc) is 2.77. The van der Waals surface area contributed by atoms with Crippen molar-refractivity contribution in [2.45, 2.75) is 64.2 Å². The smallest absolute Gasteiger partial charge is 0.256 e. The molecular formula is C23H31ClN4O4S. The van der Waals surface area contributed by atoms with Crippen molar-refractivity contribution < 1.29 is 13.2 Å². The minimum absolute atomic E-state index is 0.0342. The monoisotopic (exact) mass is 494 g/mol. The third kappa shape index (κ3) is 6.22. The maximum absolute atomic E-state index is 13.0. The lowest BCUT2D eigenvalue weighted by Gasteiger charge is -2.34. The molecule has 2 heterocycles. The van der Waals surface area contributed by atoms with Crippen LogP contribution in [0.25, 0.3) is 11.4 Å². The van der Waals surface area contributed by atoms with Gasteiger partial charge in [-0.05, 0) is 44.5 Å².